The fourth-order valence-electron chi connectivity index (χ4n) is 1.79. The molecule has 0 saturated heterocycles. The molecule has 0 aliphatic rings. The standard InChI is InChI=1S/C14H11F4NO2.ClH/c15-11-7-9(3-6-12(11)20)13(19)8-1-4-10(5-2-8)21-14(16,17)18;/h1-7,13,20H,19H2;1H/t13-;/m0./s1. The molecule has 0 aromatic heterocycles. The van der Waals surface area contributed by atoms with Gasteiger partial charge < -0.3 is 15.6 Å². The zero-order chi connectivity index (χ0) is 15.6. The van der Waals surface area contributed by atoms with Gasteiger partial charge >= 0.3 is 6.36 Å². The summed E-state index contributed by atoms with van der Waals surface area (Å²) in [5.41, 5.74) is 6.77. The zero-order valence-electron chi connectivity index (χ0n) is 11.0. The zero-order valence-corrected chi connectivity index (χ0v) is 11.8. The number of hydrogen-bond donors (Lipinski definition) is 2. The SMILES string of the molecule is Cl.N[C@@H](c1ccc(OC(F)(F)F)cc1)c1ccc(O)c(F)c1. The number of phenols is 1. The topological polar surface area (TPSA) is 55.5 Å². The maximum Gasteiger partial charge on any atom is 0.573 e. The first-order chi connectivity index (χ1) is 9.76. The number of alkyl halides is 3. The van der Waals surface area contributed by atoms with Crippen LogP contribution in [-0.2, 0) is 0 Å². The van der Waals surface area contributed by atoms with Gasteiger partial charge in [0.25, 0.3) is 0 Å². The van der Waals surface area contributed by atoms with Crippen LogP contribution in [0.1, 0.15) is 17.2 Å². The molecule has 0 spiro atoms. The van der Waals surface area contributed by atoms with Crippen molar-refractivity contribution in [3.63, 3.8) is 0 Å². The smallest absolute Gasteiger partial charge is 0.505 e. The van der Waals surface area contributed by atoms with Gasteiger partial charge in [0.05, 0.1) is 6.04 Å². The molecule has 0 aliphatic heterocycles. The Morgan fingerprint density at radius 2 is 1.55 bits per heavy atom. The molecular weight excluding hydrogens is 326 g/mol. The minimum Gasteiger partial charge on any atom is -0.505 e. The predicted molar refractivity (Wildman–Crippen MR) is 74.5 cm³/mol. The van der Waals surface area contributed by atoms with E-state index in [-0.39, 0.29) is 18.2 Å². The van der Waals surface area contributed by atoms with E-state index in [9.17, 15) is 17.6 Å². The molecule has 3 nitrogen and oxygen atoms in total. The Labute approximate surface area is 129 Å². The number of rotatable bonds is 3. The van der Waals surface area contributed by atoms with Crippen molar-refractivity contribution in [3.8, 4) is 11.5 Å². The lowest BCUT2D eigenvalue weighted by molar-refractivity contribution is -0.274. The van der Waals surface area contributed by atoms with Crippen molar-refractivity contribution in [2.24, 2.45) is 5.73 Å². The number of benzene rings is 2. The third-order valence-electron chi connectivity index (χ3n) is 2.80. The maximum atomic E-state index is 13.3. The van der Waals surface area contributed by atoms with Gasteiger partial charge in [0.1, 0.15) is 5.75 Å². The lowest BCUT2D eigenvalue weighted by Gasteiger charge is -2.14. The largest absolute Gasteiger partial charge is 0.573 e. The highest BCUT2D eigenvalue weighted by Gasteiger charge is 2.31. The highest BCUT2D eigenvalue weighted by Crippen LogP contribution is 2.27. The van der Waals surface area contributed by atoms with E-state index in [1.165, 1.54) is 18.2 Å². The van der Waals surface area contributed by atoms with E-state index >= 15 is 0 Å². The van der Waals surface area contributed by atoms with Crippen LogP contribution in [0.5, 0.6) is 11.5 Å². The molecule has 120 valence electrons. The second-order valence-electron chi connectivity index (χ2n) is 4.31. The normalized spacial score (nSPS) is 12.4. The van der Waals surface area contributed by atoms with Crippen LogP contribution in [0.2, 0.25) is 0 Å². The number of hydrogen-bond acceptors (Lipinski definition) is 3. The molecule has 2 aromatic carbocycles. The van der Waals surface area contributed by atoms with E-state index in [1.54, 1.807) is 0 Å². The number of phenolic OH excluding ortho intramolecular Hbond substituents is 1. The van der Waals surface area contributed by atoms with Crippen molar-refractivity contribution in [1.29, 1.82) is 0 Å². The summed E-state index contributed by atoms with van der Waals surface area (Å²) in [4.78, 5) is 0. The molecule has 0 unspecified atom stereocenters. The minimum atomic E-state index is -4.76. The Balaban J connectivity index is 0.00000242. The van der Waals surface area contributed by atoms with E-state index in [0.29, 0.717) is 11.1 Å². The maximum absolute atomic E-state index is 13.3. The van der Waals surface area contributed by atoms with Gasteiger partial charge in [-0.3, -0.25) is 0 Å². The summed E-state index contributed by atoms with van der Waals surface area (Å²) in [7, 11) is 0. The predicted octanol–water partition coefficient (Wildman–Crippen LogP) is 3.90. The first-order valence-corrected chi connectivity index (χ1v) is 5.86. The first kappa shape index (κ1) is 18.1. The van der Waals surface area contributed by atoms with Gasteiger partial charge in [0.15, 0.2) is 11.6 Å². The van der Waals surface area contributed by atoms with E-state index in [2.05, 4.69) is 4.74 Å². The second-order valence-corrected chi connectivity index (χ2v) is 4.31. The summed E-state index contributed by atoms with van der Waals surface area (Å²) in [6, 6.07) is 7.89. The van der Waals surface area contributed by atoms with Crippen LogP contribution in [0, 0.1) is 5.82 Å². The van der Waals surface area contributed by atoms with Crippen LogP contribution in [0.15, 0.2) is 42.5 Å². The summed E-state index contributed by atoms with van der Waals surface area (Å²) in [6.07, 6.45) is -4.76. The molecule has 22 heavy (non-hydrogen) atoms. The van der Waals surface area contributed by atoms with Gasteiger partial charge in [-0.2, -0.15) is 0 Å². The molecule has 0 bridgehead atoms. The highest BCUT2D eigenvalue weighted by atomic mass is 35.5. The van der Waals surface area contributed by atoms with E-state index < -0.39 is 24.0 Å². The molecule has 1 atom stereocenters. The molecule has 8 heteroatoms. The van der Waals surface area contributed by atoms with E-state index in [1.807, 2.05) is 0 Å². The molecule has 3 N–H and O–H groups in total. The molecule has 0 fully saturated rings. The van der Waals surface area contributed by atoms with Crippen LogP contribution < -0.4 is 10.5 Å². The highest BCUT2D eigenvalue weighted by molar-refractivity contribution is 5.85. The fourth-order valence-corrected chi connectivity index (χ4v) is 1.79. The van der Waals surface area contributed by atoms with Gasteiger partial charge in [-0.05, 0) is 35.4 Å². The lowest BCUT2D eigenvalue weighted by Crippen LogP contribution is -2.17. The molecular formula is C14H12ClF4NO2. The third kappa shape index (κ3) is 4.51. The molecule has 0 aliphatic carbocycles. The van der Waals surface area contributed by atoms with Gasteiger partial charge in [0.2, 0.25) is 0 Å². The number of nitrogens with two attached hydrogens (primary N) is 1. The summed E-state index contributed by atoms with van der Waals surface area (Å²) in [5.74, 6) is -1.69. The van der Waals surface area contributed by atoms with Crippen molar-refractivity contribution >= 4 is 12.4 Å². The third-order valence-corrected chi connectivity index (χ3v) is 2.80. The van der Waals surface area contributed by atoms with Gasteiger partial charge in [-0.15, -0.1) is 25.6 Å². The van der Waals surface area contributed by atoms with Crippen molar-refractivity contribution in [2.75, 3.05) is 0 Å². The Morgan fingerprint density at radius 3 is 2.05 bits per heavy atom. The van der Waals surface area contributed by atoms with Crippen molar-refractivity contribution in [3.05, 3.63) is 59.4 Å². The average molecular weight is 338 g/mol. The summed E-state index contributed by atoms with van der Waals surface area (Å²) >= 11 is 0. The summed E-state index contributed by atoms with van der Waals surface area (Å²) in [5, 5.41) is 9.10. The van der Waals surface area contributed by atoms with E-state index in [0.717, 1.165) is 24.3 Å². The first-order valence-electron chi connectivity index (χ1n) is 5.86. The average Bonchev–Trinajstić information content (AvgIpc) is 2.40. The summed E-state index contributed by atoms with van der Waals surface area (Å²) in [6.45, 7) is 0. The van der Waals surface area contributed by atoms with Crippen molar-refractivity contribution in [1.82, 2.24) is 0 Å². The van der Waals surface area contributed by atoms with Crippen LogP contribution in [0.25, 0.3) is 0 Å². The molecule has 0 radical (unpaired) electrons. The monoisotopic (exact) mass is 337 g/mol. The molecule has 0 heterocycles. The van der Waals surface area contributed by atoms with Gasteiger partial charge in [0, 0.05) is 0 Å². The molecule has 0 amide bonds. The van der Waals surface area contributed by atoms with Crippen molar-refractivity contribution in [2.45, 2.75) is 12.4 Å². The molecule has 0 saturated carbocycles. The number of halogens is 5. The molecule has 2 rings (SSSR count). The van der Waals surface area contributed by atoms with Crippen LogP contribution in [-0.4, -0.2) is 11.5 Å². The van der Waals surface area contributed by atoms with Gasteiger partial charge in [-0.1, -0.05) is 18.2 Å². The van der Waals surface area contributed by atoms with Crippen LogP contribution in [0.3, 0.4) is 0 Å². The quantitative estimate of drug-likeness (QED) is 0.835. The fraction of sp³-hybridized carbons (Fsp3) is 0.143. The van der Waals surface area contributed by atoms with Crippen LogP contribution >= 0.6 is 12.4 Å². The Morgan fingerprint density at radius 1 is 1.00 bits per heavy atom. The lowest BCUT2D eigenvalue weighted by atomic mass is 9.99. The Hall–Kier alpha value is -1.99. The molecule has 2 aromatic rings. The van der Waals surface area contributed by atoms with Crippen LogP contribution in [0.4, 0.5) is 17.6 Å². The Kier molecular flexibility index (Phi) is 5.62. The Bertz CT molecular complexity index is 632. The second kappa shape index (κ2) is 6.85. The minimum absolute atomic E-state index is 0. The number of aromatic hydroxyl groups is 1. The van der Waals surface area contributed by atoms with E-state index in [4.69, 9.17) is 10.8 Å². The van der Waals surface area contributed by atoms with Gasteiger partial charge in [-0.25, -0.2) is 4.39 Å². The summed E-state index contributed by atoms with van der Waals surface area (Å²) < 4.78 is 53.1. The number of ether oxygens (including phenoxy) is 1. The van der Waals surface area contributed by atoms with Crippen molar-refractivity contribution < 1.29 is 27.4 Å².